The Morgan fingerprint density at radius 2 is 2.00 bits per heavy atom. The van der Waals surface area contributed by atoms with Crippen LogP contribution in [0, 0.1) is 0 Å². The maximum absolute atomic E-state index is 10.8. The summed E-state index contributed by atoms with van der Waals surface area (Å²) in [6.07, 6.45) is -0.262. The molecular formula is C15H23NO3. The number of likely N-dealkylation sites (N-methyl/N-ethyl adjacent to an activating group) is 1. The van der Waals surface area contributed by atoms with E-state index in [0.29, 0.717) is 13.0 Å². The SMILES string of the molecule is COc1ccc(C(C)(C)C)cc1CCN(C)C(=O)O. The quantitative estimate of drug-likeness (QED) is 0.909. The summed E-state index contributed by atoms with van der Waals surface area (Å²) < 4.78 is 5.34. The van der Waals surface area contributed by atoms with Gasteiger partial charge in [0, 0.05) is 13.6 Å². The van der Waals surface area contributed by atoms with Crippen molar-refractivity contribution < 1.29 is 14.6 Å². The van der Waals surface area contributed by atoms with Gasteiger partial charge in [0.25, 0.3) is 0 Å². The molecule has 0 bridgehead atoms. The van der Waals surface area contributed by atoms with E-state index in [1.807, 2.05) is 6.07 Å². The van der Waals surface area contributed by atoms with Gasteiger partial charge in [-0.1, -0.05) is 32.9 Å². The molecule has 1 amide bonds. The molecule has 0 aromatic heterocycles. The first-order chi connectivity index (χ1) is 8.75. The van der Waals surface area contributed by atoms with Gasteiger partial charge in [-0.05, 0) is 29.0 Å². The molecule has 106 valence electrons. The first-order valence-electron chi connectivity index (χ1n) is 6.37. The Balaban J connectivity index is 2.94. The average molecular weight is 265 g/mol. The van der Waals surface area contributed by atoms with Gasteiger partial charge in [0.05, 0.1) is 7.11 Å². The molecule has 0 aliphatic heterocycles. The van der Waals surface area contributed by atoms with Crippen molar-refractivity contribution in [1.82, 2.24) is 4.90 Å². The summed E-state index contributed by atoms with van der Waals surface area (Å²) in [5, 5.41) is 8.87. The van der Waals surface area contributed by atoms with Gasteiger partial charge in [0.15, 0.2) is 0 Å². The molecule has 0 radical (unpaired) electrons. The topological polar surface area (TPSA) is 49.8 Å². The molecular weight excluding hydrogens is 242 g/mol. The number of carbonyl (C=O) groups is 1. The van der Waals surface area contributed by atoms with Crippen molar-refractivity contribution in [1.29, 1.82) is 0 Å². The van der Waals surface area contributed by atoms with Crippen LogP contribution in [0.25, 0.3) is 0 Å². The Morgan fingerprint density at radius 3 is 2.47 bits per heavy atom. The van der Waals surface area contributed by atoms with Crippen molar-refractivity contribution in [3.05, 3.63) is 29.3 Å². The van der Waals surface area contributed by atoms with Crippen molar-refractivity contribution in [3.63, 3.8) is 0 Å². The summed E-state index contributed by atoms with van der Waals surface area (Å²) in [4.78, 5) is 12.1. The zero-order chi connectivity index (χ0) is 14.6. The van der Waals surface area contributed by atoms with Crippen LogP contribution in [0.1, 0.15) is 31.9 Å². The van der Waals surface area contributed by atoms with Crippen LogP contribution >= 0.6 is 0 Å². The number of carboxylic acid groups (broad SMARTS) is 1. The van der Waals surface area contributed by atoms with E-state index in [4.69, 9.17) is 9.84 Å². The van der Waals surface area contributed by atoms with Crippen LogP contribution in [-0.4, -0.2) is 36.8 Å². The maximum Gasteiger partial charge on any atom is 0.407 e. The second-order valence-corrected chi connectivity index (χ2v) is 5.73. The Bertz CT molecular complexity index is 449. The molecule has 0 unspecified atom stereocenters. The molecule has 0 saturated carbocycles. The molecule has 4 nitrogen and oxygen atoms in total. The largest absolute Gasteiger partial charge is 0.496 e. The highest BCUT2D eigenvalue weighted by molar-refractivity contribution is 5.64. The highest BCUT2D eigenvalue weighted by Gasteiger charge is 2.16. The van der Waals surface area contributed by atoms with Gasteiger partial charge in [0.2, 0.25) is 0 Å². The standard InChI is InChI=1S/C15H23NO3/c1-15(2,3)12-6-7-13(19-5)11(10-12)8-9-16(4)14(17)18/h6-7,10H,8-9H2,1-5H3,(H,17,18). The molecule has 0 spiro atoms. The second kappa shape index (κ2) is 5.95. The van der Waals surface area contributed by atoms with Crippen LogP contribution in [0.15, 0.2) is 18.2 Å². The lowest BCUT2D eigenvalue weighted by molar-refractivity contribution is 0.156. The van der Waals surface area contributed by atoms with Crippen LogP contribution in [-0.2, 0) is 11.8 Å². The van der Waals surface area contributed by atoms with Gasteiger partial charge < -0.3 is 14.7 Å². The summed E-state index contributed by atoms with van der Waals surface area (Å²) in [7, 11) is 3.21. The lowest BCUT2D eigenvalue weighted by atomic mass is 9.85. The van der Waals surface area contributed by atoms with E-state index in [-0.39, 0.29) is 5.41 Å². The number of hydrogen-bond acceptors (Lipinski definition) is 2. The Morgan fingerprint density at radius 1 is 1.37 bits per heavy atom. The van der Waals surface area contributed by atoms with Crippen LogP contribution in [0.4, 0.5) is 4.79 Å². The monoisotopic (exact) mass is 265 g/mol. The summed E-state index contributed by atoms with van der Waals surface area (Å²) in [5.41, 5.74) is 2.34. The van der Waals surface area contributed by atoms with Crippen LogP contribution in [0.2, 0.25) is 0 Å². The Labute approximate surface area is 115 Å². The molecule has 0 atom stereocenters. The second-order valence-electron chi connectivity index (χ2n) is 5.73. The van der Waals surface area contributed by atoms with Crippen LogP contribution in [0.3, 0.4) is 0 Å². The number of amides is 1. The van der Waals surface area contributed by atoms with Gasteiger partial charge in [-0.15, -0.1) is 0 Å². The van der Waals surface area contributed by atoms with Crippen molar-refractivity contribution in [3.8, 4) is 5.75 Å². The molecule has 1 N–H and O–H groups in total. The van der Waals surface area contributed by atoms with E-state index in [2.05, 4.69) is 32.9 Å². The van der Waals surface area contributed by atoms with Crippen LogP contribution < -0.4 is 4.74 Å². The third-order valence-electron chi connectivity index (χ3n) is 3.19. The van der Waals surface area contributed by atoms with E-state index >= 15 is 0 Å². The fourth-order valence-electron chi connectivity index (χ4n) is 1.82. The van der Waals surface area contributed by atoms with Crippen LogP contribution in [0.5, 0.6) is 5.75 Å². The fraction of sp³-hybridized carbons (Fsp3) is 0.533. The molecule has 19 heavy (non-hydrogen) atoms. The number of rotatable bonds is 4. The third-order valence-corrected chi connectivity index (χ3v) is 3.19. The first kappa shape index (κ1) is 15.3. The maximum atomic E-state index is 10.8. The predicted molar refractivity (Wildman–Crippen MR) is 76.1 cm³/mol. The van der Waals surface area contributed by atoms with E-state index in [1.165, 1.54) is 10.5 Å². The highest BCUT2D eigenvalue weighted by atomic mass is 16.5. The molecule has 1 rings (SSSR count). The first-order valence-corrected chi connectivity index (χ1v) is 6.37. The molecule has 0 saturated heterocycles. The Hall–Kier alpha value is -1.71. The number of ether oxygens (including phenoxy) is 1. The number of benzene rings is 1. The minimum atomic E-state index is -0.911. The van der Waals surface area contributed by atoms with E-state index < -0.39 is 6.09 Å². The lowest BCUT2D eigenvalue weighted by Gasteiger charge is -2.21. The van der Waals surface area contributed by atoms with Crippen molar-refractivity contribution in [2.45, 2.75) is 32.6 Å². The molecule has 4 heteroatoms. The van der Waals surface area contributed by atoms with Gasteiger partial charge in [-0.3, -0.25) is 0 Å². The minimum absolute atomic E-state index is 0.0692. The highest BCUT2D eigenvalue weighted by Crippen LogP contribution is 2.28. The number of hydrogen-bond donors (Lipinski definition) is 1. The summed E-state index contributed by atoms with van der Waals surface area (Å²) in [6.45, 7) is 6.92. The average Bonchev–Trinajstić information content (AvgIpc) is 2.34. The van der Waals surface area contributed by atoms with E-state index in [9.17, 15) is 4.79 Å². The summed E-state index contributed by atoms with van der Waals surface area (Å²) >= 11 is 0. The number of methoxy groups -OCH3 is 1. The smallest absolute Gasteiger partial charge is 0.407 e. The van der Waals surface area contributed by atoms with Gasteiger partial charge in [-0.25, -0.2) is 4.79 Å². The molecule has 1 aromatic rings. The molecule has 1 aromatic carbocycles. The molecule has 0 fully saturated rings. The molecule has 0 heterocycles. The van der Waals surface area contributed by atoms with E-state index in [1.54, 1.807) is 14.2 Å². The minimum Gasteiger partial charge on any atom is -0.496 e. The van der Waals surface area contributed by atoms with Crippen molar-refractivity contribution >= 4 is 6.09 Å². The fourth-order valence-corrected chi connectivity index (χ4v) is 1.82. The van der Waals surface area contributed by atoms with Gasteiger partial charge in [-0.2, -0.15) is 0 Å². The lowest BCUT2D eigenvalue weighted by Crippen LogP contribution is -2.27. The number of nitrogens with zero attached hydrogens (tertiary/aromatic N) is 1. The third kappa shape index (κ3) is 4.16. The predicted octanol–water partition coefficient (Wildman–Crippen LogP) is 3.15. The zero-order valence-electron chi connectivity index (χ0n) is 12.4. The summed E-state index contributed by atoms with van der Waals surface area (Å²) in [5.74, 6) is 0.812. The zero-order valence-corrected chi connectivity index (χ0v) is 12.4. The van der Waals surface area contributed by atoms with E-state index in [0.717, 1.165) is 11.3 Å². The van der Waals surface area contributed by atoms with Crippen molar-refractivity contribution in [2.75, 3.05) is 20.7 Å². The van der Waals surface area contributed by atoms with Gasteiger partial charge in [0.1, 0.15) is 5.75 Å². The molecule has 0 aliphatic rings. The Kier molecular flexibility index (Phi) is 4.81. The van der Waals surface area contributed by atoms with Gasteiger partial charge >= 0.3 is 6.09 Å². The van der Waals surface area contributed by atoms with Crippen molar-refractivity contribution in [2.24, 2.45) is 0 Å². The normalized spacial score (nSPS) is 11.2. The molecule has 0 aliphatic carbocycles. The summed E-state index contributed by atoms with van der Waals surface area (Å²) in [6, 6.07) is 6.12.